The first-order valence-electron chi connectivity index (χ1n) is 10.7. The van der Waals surface area contributed by atoms with Crippen molar-refractivity contribution in [3.63, 3.8) is 0 Å². The highest BCUT2D eigenvalue weighted by atomic mass is 32.2. The van der Waals surface area contributed by atoms with E-state index >= 15 is 0 Å². The van der Waals surface area contributed by atoms with Gasteiger partial charge in [0.05, 0.1) is 12.1 Å². The van der Waals surface area contributed by atoms with E-state index in [-0.39, 0.29) is 25.2 Å². The van der Waals surface area contributed by atoms with Crippen LogP contribution in [0.25, 0.3) is 0 Å². The SMILES string of the molecule is CCC(C)C(NC(=O)C(CCSC)NC(=O)C(NC(=O)C(N)CCC(N)=O)C(C)O)C(=O)O. The second-order valence-corrected chi connectivity index (χ2v) is 8.88. The van der Waals surface area contributed by atoms with Crippen LogP contribution in [0.3, 0.4) is 0 Å². The fourth-order valence-electron chi connectivity index (χ4n) is 2.80. The van der Waals surface area contributed by atoms with Crippen LogP contribution in [0.5, 0.6) is 0 Å². The summed E-state index contributed by atoms with van der Waals surface area (Å²) in [5.74, 6) is -3.96. The van der Waals surface area contributed by atoms with Gasteiger partial charge in [0.1, 0.15) is 18.1 Å². The van der Waals surface area contributed by atoms with Gasteiger partial charge < -0.3 is 37.6 Å². The molecular weight excluding hydrogens is 454 g/mol. The third kappa shape index (κ3) is 11.3. The summed E-state index contributed by atoms with van der Waals surface area (Å²) < 4.78 is 0. The van der Waals surface area contributed by atoms with Crippen molar-refractivity contribution < 1.29 is 34.2 Å². The lowest BCUT2D eigenvalue weighted by Crippen LogP contribution is -2.60. The number of hydrogen-bond donors (Lipinski definition) is 7. The van der Waals surface area contributed by atoms with Crippen molar-refractivity contribution in [2.24, 2.45) is 17.4 Å². The van der Waals surface area contributed by atoms with E-state index in [4.69, 9.17) is 11.5 Å². The van der Waals surface area contributed by atoms with E-state index in [0.29, 0.717) is 12.2 Å². The molecule has 13 heteroatoms. The molecule has 4 amide bonds. The van der Waals surface area contributed by atoms with Gasteiger partial charge in [-0.15, -0.1) is 0 Å². The lowest BCUT2D eigenvalue weighted by atomic mass is 9.98. The van der Waals surface area contributed by atoms with E-state index in [9.17, 15) is 34.2 Å². The molecule has 12 nitrogen and oxygen atoms in total. The number of primary amides is 1. The maximum atomic E-state index is 12.8. The molecule has 0 aliphatic rings. The summed E-state index contributed by atoms with van der Waals surface area (Å²) in [5.41, 5.74) is 10.7. The Morgan fingerprint density at radius 1 is 0.939 bits per heavy atom. The minimum atomic E-state index is -1.42. The predicted molar refractivity (Wildman–Crippen MR) is 124 cm³/mol. The van der Waals surface area contributed by atoms with Gasteiger partial charge in [0.2, 0.25) is 23.6 Å². The average molecular weight is 492 g/mol. The molecule has 0 fully saturated rings. The second kappa shape index (κ2) is 15.5. The van der Waals surface area contributed by atoms with Crippen LogP contribution in [0, 0.1) is 5.92 Å². The molecule has 0 aromatic heterocycles. The van der Waals surface area contributed by atoms with Crippen LogP contribution in [-0.4, -0.2) is 82.1 Å². The molecule has 9 N–H and O–H groups in total. The fourth-order valence-corrected chi connectivity index (χ4v) is 3.27. The summed E-state index contributed by atoms with van der Waals surface area (Å²) in [4.78, 5) is 60.3. The number of aliphatic hydroxyl groups is 1. The predicted octanol–water partition coefficient (Wildman–Crippen LogP) is -1.70. The molecule has 0 aliphatic carbocycles. The first kappa shape index (κ1) is 30.6. The maximum absolute atomic E-state index is 12.8. The zero-order valence-corrected chi connectivity index (χ0v) is 20.3. The summed E-state index contributed by atoms with van der Waals surface area (Å²) in [6.45, 7) is 4.76. The highest BCUT2D eigenvalue weighted by molar-refractivity contribution is 7.98. The number of amides is 4. The monoisotopic (exact) mass is 491 g/mol. The number of carbonyl (C=O) groups excluding carboxylic acids is 4. The zero-order chi connectivity index (χ0) is 25.7. The van der Waals surface area contributed by atoms with Gasteiger partial charge >= 0.3 is 5.97 Å². The van der Waals surface area contributed by atoms with Gasteiger partial charge in [-0.05, 0) is 37.7 Å². The lowest BCUT2D eigenvalue weighted by molar-refractivity contribution is -0.144. The van der Waals surface area contributed by atoms with Crippen molar-refractivity contribution in [2.75, 3.05) is 12.0 Å². The Morgan fingerprint density at radius 2 is 1.52 bits per heavy atom. The van der Waals surface area contributed by atoms with Gasteiger partial charge in [-0.25, -0.2) is 4.79 Å². The molecule has 0 aromatic carbocycles. The van der Waals surface area contributed by atoms with Crippen molar-refractivity contribution in [1.29, 1.82) is 0 Å². The number of carbonyl (C=O) groups is 5. The van der Waals surface area contributed by atoms with Gasteiger partial charge in [0.15, 0.2) is 0 Å². The zero-order valence-electron chi connectivity index (χ0n) is 19.5. The molecule has 0 spiro atoms. The molecule has 0 heterocycles. The van der Waals surface area contributed by atoms with Crippen LogP contribution in [0.4, 0.5) is 0 Å². The van der Waals surface area contributed by atoms with Crippen molar-refractivity contribution in [1.82, 2.24) is 16.0 Å². The Kier molecular flexibility index (Phi) is 14.3. The Bertz CT molecular complexity index is 692. The van der Waals surface area contributed by atoms with Gasteiger partial charge in [-0.1, -0.05) is 20.3 Å². The molecule has 6 atom stereocenters. The number of nitrogens with two attached hydrogens (primary N) is 2. The van der Waals surface area contributed by atoms with E-state index in [2.05, 4.69) is 16.0 Å². The first-order valence-corrected chi connectivity index (χ1v) is 12.1. The largest absolute Gasteiger partial charge is 0.480 e. The second-order valence-electron chi connectivity index (χ2n) is 7.89. The molecule has 0 bridgehead atoms. The van der Waals surface area contributed by atoms with E-state index in [1.54, 1.807) is 13.8 Å². The van der Waals surface area contributed by atoms with Gasteiger partial charge in [-0.2, -0.15) is 11.8 Å². The van der Waals surface area contributed by atoms with E-state index in [0.717, 1.165) is 0 Å². The highest BCUT2D eigenvalue weighted by Crippen LogP contribution is 2.10. The average Bonchev–Trinajstić information content (AvgIpc) is 2.75. The third-order valence-electron chi connectivity index (χ3n) is 5.12. The number of thioether (sulfide) groups is 1. The molecule has 0 saturated heterocycles. The van der Waals surface area contributed by atoms with Gasteiger partial charge in [0.25, 0.3) is 0 Å². The van der Waals surface area contributed by atoms with Crippen molar-refractivity contribution >= 4 is 41.4 Å². The number of hydrogen-bond acceptors (Lipinski definition) is 8. The van der Waals surface area contributed by atoms with Crippen LogP contribution >= 0.6 is 11.8 Å². The van der Waals surface area contributed by atoms with Crippen molar-refractivity contribution in [3.05, 3.63) is 0 Å². The minimum absolute atomic E-state index is 0.0414. The van der Waals surface area contributed by atoms with E-state index in [1.165, 1.54) is 18.7 Å². The van der Waals surface area contributed by atoms with E-state index in [1.807, 2.05) is 6.26 Å². The summed E-state index contributed by atoms with van der Waals surface area (Å²) in [7, 11) is 0. The molecule has 0 saturated carbocycles. The van der Waals surface area contributed by atoms with Crippen molar-refractivity contribution in [2.45, 2.75) is 76.7 Å². The summed E-state index contributed by atoms with van der Waals surface area (Å²) in [6, 6.07) is -4.77. The normalized spacial score (nSPS) is 16.4. The number of rotatable bonds is 16. The topological polar surface area (TPSA) is 214 Å². The minimum Gasteiger partial charge on any atom is -0.480 e. The lowest BCUT2D eigenvalue weighted by Gasteiger charge is -2.27. The van der Waals surface area contributed by atoms with Crippen LogP contribution in [0.1, 0.15) is 46.5 Å². The van der Waals surface area contributed by atoms with Crippen LogP contribution in [-0.2, 0) is 24.0 Å². The Hall–Kier alpha value is -2.38. The van der Waals surface area contributed by atoms with Gasteiger partial charge in [-0.3, -0.25) is 19.2 Å². The molecule has 0 radical (unpaired) electrons. The Morgan fingerprint density at radius 3 is 1.97 bits per heavy atom. The molecule has 6 unspecified atom stereocenters. The first-order chi connectivity index (χ1) is 15.3. The molecule has 33 heavy (non-hydrogen) atoms. The number of aliphatic hydroxyl groups excluding tert-OH is 1. The Balaban J connectivity index is 5.40. The standard InChI is InChI=1S/C20H37N5O7S/c1-5-10(2)15(20(31)32)24-18(29)13(8-9-33-4)23-19(30)16(11(3)26)25-17(28)12(21)6-7-14(22)27/h10-13,15-16,26H,5-9,21H2,1-4H3,(H2,22,27)(H,23,30)(H,24,29)(H,25,28)(H,31,32). The quantitative estimate of drug-likeness (QED) is 0.131. The molecule has 0 aliphatic heterocycles. The summed E-state index contributed by atoms with van der Waals surface area (Å²) in [5, 5.41) is 26.7. The fraction of sp³-hybridized carbons (Fsp3) is 0.750. The number of nitrogens with one attached hydrogen (secondary N) is 3. The molecular formula is C20H37N5O7S. The number of carboxylic acids is 1. The van der Waals surface area contributed by atoms with Gasteiger partial charge in [0, 0.05) is 6.42 Å². The van der Waals surface area contributed by atoms with Crippen LogP contribution in [0.2, 0.25) is 0 Å². The van der Waals surface area contributed by atoms with Crippen LogP contribution < -0.4 is 27.4 Å². The summed E-state index contributed by atoms with van der Waals surface area (Å²) >= 11 is 1.43. The summed E-state index contributed by atoms with van der Waals surface area (Å²) in [6.07, 6.45) is 1.03. The number of carboxylic acid groups (broad SMARTS) is 1. The Labute approximate surface area is 198 Å². The maximum Gasteiger partial charge on any atom is 0.326 e. The van der Waals surface area contributed by atoms with Crippen molar-refractivity contribution in [3.8, 4) is 0 Å². The number of aliphatic carboxylic acids is 1. The molecule has 0 aromatic rings. The highest BCUT2D eigenvalue weighted by Gasteiger charge is 2.33. The third-order valence-corrected chi connectivity index (χ3v) is 5.77. The smallest absolute Gasteiger partial charge is 0.326 e. The molecule has 190 valence electrons. The molecule has 0 rings (SSSR count). The van der Waals surface area contributed by atoms with E-state index < -0.39 is 59.9 Å². The van der Waals surface area contributed by atoms with Crippen LogP contribution in [0.15, 0.2) is 0 Å².